The van der Waals surface area contributed by atoms with Crippen molar-refractivity contribution in [3.63, 3.8) is 0 Å². The summed E-state index contributed by atoms with van der Waals surface area (Å²) in [6.45, 7) is 1.77. The van der Waals surface area contributed by atoms with E-state index in [2.05, 4.69) is 10.2 Å². The van der Waals surface area contributed by atoms with Crippen LogP contribution in [0.1, 0.15) is 19.2 Å². The van der Waals surface area contributed by atoms with E-state index in [0.717, 1.165) is 12.2 Å². The highest BCUT2D eigenvalue weighted by Crippen LogP contribution is 2.01. The fraction of sp³-hybridized carbons (Fsp3) is 0.714. The molecule has 0 radical (unpaired) electrons. The van der Waals surface area contributed by atoms with Gasteiger partial charge >= 0.3 is 0 Å². The molecule has 0 fully saturated rings. The summed E-state index contributed by atoms with van der Waals surface area (Å²) in [7, 11) is 1.86. The van der Waals surface area contributed by atoms with Gasteiger partial charge in [0.05, 0.1) is 6.10 Å². The van der Waals surface area contributed by atoms with Crippen molar-refractivity contribution in [3.8, 4) is 0 Å². The Morgan fingerprint density at radius 2 is 2.42 bits per heavy atom. The van der Waals surface area contributed by atoms with Gasteiger partial charge in [0.2, 0.25) is 0 Å². The molecule has 12 heavy (non-hydrogen) atoms. The maximum atomic E-state index is 9.04. The molecule has 2 N–H and O–H groups in total. The summed E-state index contributed by atoms with van der Waals surface area (Å²) < 4.78 is 2.44. The molecule has 1 aromatic rings. The number of H-pyrrole nitrogens is 1. The summed E-state index contributed by atoms with van der Waals surface area (Å²) >= 11 is 4.94. The number of aromatic nitrogens is 3. The van der Waals surface area contributed by atoms with Crippen LogP contribution in [0, 0.1) is 4.77 Å². The number of aliphatic hydroxyl groups excluding tert-OH is 1. The van der Waals surface area contributed by atoms with Gasteiger partial charge in [-0.25, -0.2) is 0 Å². The number of hydrogen-bond donors (Lipinski definition) is 2. The third-order valence-electron chi connectivity index (χ3n) is 1.76. The van der Waals surface area contributed by atoms with Crippen molar-refractivity contribution in [1.82, 2.24) is 14.8 Å². The zero-order chi connectivity index (χ0) is 9.14. The molecule has 0 spiro atoms. The van der Waals surface area contributed by atoms with E-state index in [9.17, 15) is 0 Å². The third kappa shape index (κ3) is 2.15. The van der Waals surface area contributed by atoms with Gasteiger partial charge in [-0.15, -0.1) is 0 Å². The van der Waals surface area contributed by atoms with Crippen LogP contribution in [0.4, 0.5) is 0 Å². The monoisotopic (exact) mass is 187 g/mol. The van der Waals surface area contributed by atoms with E-state index in [4.69, 9.17) is 17.3 Å². The van der Waals surface area contributed by atoms with E-state index in [1.54, 1.807) is 6.92 Å². The highest BCUT2D eigenvalue weighted by atomic mass is 32.1. The van der Waals surface area contributed by atoms with Crippen molar-refractivity contribution >= 4 is 12.2 Å². The standard InChI is InChI=1S/C7H13N3OS/c1-5(11)3-4-6-8-9-7(12)10(6)2/h5,11H,3-4H2,1-2H3,(H,9,12). The summed E-state index contributed by atoms with van der Waals surface area (Å²) in [6, 6.07) is 0. The Morgan fingerprint density at radius 1 is 1.75 bits per heavy atom. The van der Waals surface area contributed by atoms with Gasteiger partial charge in [-0.1, -0.05) is 0 Å². The van der Waals surface area contributed by atoms with Crippen molar-refractivity contribution in [1.29, 1.82) is 0 Å². The zero-order valence-electron chi connectivity index (χ0n) is 7.24. The second kappa shape index (κ2) is 3.82. The molecule has 1 rings (SSSR count). The van der Waals surface area contributed by atoms with Gasteiger partial charge in [0.25, 0.3) is 0 Å². The lowest BCUT2D eigenvalue weighted by molar-refractivity contribution is 0.184. The molecule has 0 saturated heterocycles. The molecule has 0 aliphatic heterocycles. The lowest BCUT2D eigenvalue weighted by Crippen LogP contribution is -2.05. The average molecular weight is 187 g/mol. The van der Waals surface area contributed by atoms with Crippen molar-refractivity contribution in [2.24, 2.45) is 7.05 Å². The smallest absolute Gasteiger partial charge is 0.194 e. The van der Waals surface area contributed by atoms with Crippen LogP contribution in [0.25, 0.3) is 0 Å². The highest BCUT2D eigenvalue weighted by molar-refractivity contribution is 7.71. The fourth-order valence-electron chi connectivity index (χ4n) is 0.941. The minimum atomic E-state index is -0.282. The quantitative estimate of drug-likeness (QED) is 0.688. The maximum Gasteiger partial charge on any atom is 0.194 e. The Balaban J connectivity index is 2.64. The van der Waals surface area contributed by atoms with Crippen LogP contribution in [-0.2, 0) is 13.5 Å². The fourth-order valence-corrected chi connectivity index (χ4v) is 1.09. The van der Waals surface area contributed by atoms with Crippen LogP contribution >= 0.6 is 12.2 Å². The Hall–Kier alpha value is -0.680. The molecule has 0 saturated carbocycles. The summed E-state index contributed by atoms with van der Waals surface area (Å²) in [5, 5.41) is 15.8. The van der Waals surface area contributed by atoms with Crippen LogP contribution in [0.5, 0.6) is 0 Å². The largest absolute Gasteiger partial charge is 0.393 e. The average Bonchev–Trinajstić information content (AvgIpc) is 2.30. The van der Waals surface area contributed by atoms with E-state index in [1.807, 2.05) is 11.6 Å². The number of hydrogen-bond acceptors (Lipinski definition) is 3. The SMILES string of the molecule is CC(O)CCc1n[nH]c(=S)n1C. The predicted molar refractivity (Wildman–Crippen MR) is 48.4 cm³/mol. The first-order valence-corrected chi connectivity index (χ1v) is 4.30. The molecule has 0 bridgehead atoms. The molecule has 5 heteroatoms. The third-order valence-corrected chi connectivity index (χ3v) is 2.12. The van der Waals surface area contributed by atoms with Crippen LogP contribution in [-0.4, -0.2) is 26.0 Å². The zero-order valence-corrected chi connectivity index (χ0v) is 8.06. The number of nitrogens with one attached hydrogen (secondary N) is 1. The van der Waals surface area contributed by atoms with Crippen molar-refractivity contribution in [2.75, 3.05) is 0 Å². The minimum Gasteiger partial charge on any atom is -0.393 e. The number of aryl methyl sites for hydroxylation is 1. The number of aliphatic hydroxyl groups is 1. The van der Waals surface area contributed by atoms with Gasteiger partial charge in [0, 0.05) is 13.5 Å². The molecular formula is C7H13N3OS. The Morgan fingerprint density at radius 3 is 2.83 bits per heavy atom. The summed E-state index contributed by atoms with van der Waals surface area (Å²) in [6.07, 6.45) is 1.18. The van der Waals surface area contributed by atoms with Gasteiger partial charge in [0.1, 0.15) is 5.82 Å². The van der Waals surface area contributed by atoms with Gasteiger partial charge in [0.15, 0.2) is 4.77 Å². The normalized spacial score (nSPS) is 13.2. The lowest BCUT2D eigenvalue weighted by Gasteiger charge is -2.02. The van der Waals surface area contributed by atoms with Crippen LogP contribution < -0.4 is 0 Å². The summed E-state index contributed by atoms with van der Waals surface area (Å²) in [4.78, 5) is 0. The van der Waals surface area contributed by atoms with E-state index < -0.39 is 0 Å². The van der Waals surface area contributed by atoms with E-state index >= 15 is 0 Å². The van der Waals surface area contributed by atoms with E-state index in [1.165, 1.54) is 0 Å². The molecule has 1 unspecified atom stereocenters. The second-order valence-electron chi connectivity index (χ2n) is 2.89. The number of aromatic amines is 1. The maximum absolute atomic E-state index is 9.04. The van der Waals surface area contributed by atoms with Crippen molar-refractivity contribution in [2.45, 2.75) is 25.9 Å². The first-order chi connectivity index (χ1) is 5.61. The summed E-state index contributed by atoms with van der Waals surface area (Å²) in [5.74, 6) is 0.890. The lowest BCUT2D eigenvalue weighted by atomic mass is 10.2. The van der Waals surface area contributed by atoms with E-state index in [-0.39, 0.29) is 6.10 Å². The molecular weight excluding hydrogens is 174 g/mol. The first kappa shape index (κ1) is 9.41. The molecule has 1 heterocycles. The molecule has 0 amide bonds. The Bertz CT molecular complexity index is 302. The van der Waals surface area contributed by atoms with Crippen LogP contribution in [0.3, 0.4) is 0 Å². The molecule has 1 atom stereocenters. The first-order valence-electron chi connectivity index (χ1n) is 3.89. The van der Waals surface area contributed by atoms with Gasteiger partial charge < -0.3 is 9.67 Å². The van der Waals surface area contributed by atoms with Gasteiger partial charge in [-0.3, -0.25) is 5.10 Å². The molecule has 0 aromatic carbocycles. The minimum absolute atomic E-state index is 0.282. The van der Waals surface area contributed by atoms with Gasteiger partial charge in [-0.05, 0) is 25.6 Å². The molecule has 0 aliphatic rings. The molecule has 68 valence electrons. The van der Waals surface area contributed by atoms with Crippen LogP contribution in [0.15, 0.2) is 0 Å². The number of nitrogens with zero attached hydrogens (tertiary/aromatic N) is 2. The molecule has 0 aliphatic carbocycles. The second-order valence-corrected chi connectivity index (χ2v) is 3.28. The van der Waals surface area contributed by atoms with Crippen LogP contribution in [0.2, 0.25) is 0 Å². The predicted octanol–water partition coefficient (Wildman–Crippen LogP) is 0.791. The van der Waals surface area contributed by atoms with Crippen molar-refractivity contribution < 1.29 is 5.11 Å². The Kier molecular flexibility index (Phi) is 2.99. The Labute approximate surface area is 76.2 Å². The molecule has 4 nitrogen and oxygen atoms in total. The summed E-state index contributed by atoms with van der Waals surface area (Å²) in [5.41, 5.74) is 0. The topological polar surface area (TPSA) is 53.8 Å². The van der Waals surface area contributed by atoms with Gasteiger partial charge in [-0.2, -0.15) is 5.10 Å². The van der Waals surface area contributed by atoms with Crippen molar-refractivity contribution in [3.05, 3.63) is 10.6 Å². The highest BCUT2D eigenvalue weighted by Gasteiger charge is 2.03. The number of rotatable bonds is 3. The molecule has 1 aromatic heterocycles. The van der Waals surface area contributed by atoms with E-state index in [0.29, 0.717) is 11.2 Å².